The van der Waals surface area contributed by atoms with Crippen LogP contribution in [0.25, 0.3) is 0 Å². The Labute approximate surface area is 168 Å². The molecule has 0 aliphatic rings. The second-order valence-electron chi connectivity index (χ2n) is 7.59. The van der Waals surface area contributed by atoms with Crippen LogP contribution >= 0.6 is 0 Å². The van der Waals surface area contributed by atoms with E-state index in [4.69, 9.17) is 0 Å². The van der Waals surface area contributed by atoms with E-state index in [-0.39, 0.29) is 17.7 Å². The molecule has 28 heavy (non-hydrogen) atoms. The van der Waals surface area contributed by atoms with E-state index in [1.54, 1.807) is 6.07 Å². The molecule has 2 aromatic rings. The van der Waals surface area contributed by atoms with Crippen LogP contribution in [-0.2, 0) is 4.79 Å². The number of carbonyl (C=O) groups is 2. The fourth-order valence-corrected chi connectivity index (χ4v) is 3.06. The molecular formula is C23H31N3O2. The number of nitrogens with one attached hydrogen (secondary N) is 2. The van der Waals surface area contributed by atoms with Crippen LogP contribution in [0.5, 0.6) is 0 Å². The highest BCUT2D eigenvalue weighted by Gasteiger charge is 2.20. The topological polar surface area (TPSA) is 61.4 Å². The van der Waals surface area contributed by atoms with Gasteiger partial charge < -0.3 is 15.5 Å². The molecule has 0 spiro atoms. The van der Waals surface area contributed by atoms with Gasteiger partial charge >= 0.3 is 0 Å². The van der Waals surface area contributed by atoms with E-state index in [2.05, 4.69) is 24.5 Å². The maximum Gasteiger partial charge on any atom is 0.253 e. The van der Waals surface area contributed by atoms with Crippen molar-refractivity contribution < 1.29 is 9.59 Å². The summed E-state index contributed by atoms with van der Waals surface area (Å²) in [6.07, 6.45) is 0.702. The first kappa shape index (κ1) is 21.5. The number of amides is 2. The maximum atomic E-state index is 12.8. The first-order chi connectivity index (χ1) is 13.3. The third kappa shape index (κ3) is 5.59. The molecule has 0 aromatic heterocycles. The summed E-state index contributed by atoms with van der Waals surface area (Å²) in [5, 5.41) is 5.94. The van der Waals surface area contributed by atoms with Crippen molar-refractivity contribution in [2.45, 2.75) is 33.1 Å². The van der Waals surface area contributed by atoms with Crippen LogP contribution in [0.3, 0.4) is 0 Å². The minimum absolute atomic E-state index is 0.0696. The Morgan fingerprint density at radius 3 is 2.29 bits per heavy atom. The Hall–Kier alpha value is -2.82. The predicted molar refractivity (Wildman–Crippen MR) is 116 cm³/mol. The lowest BCUT2D eigenvalue weighted by Crippen LogP contribution is -2.29. The number of nitrogens with zero attached hydrogens (tertiary/aromatic N) is 1. The average Bonchev–Trinajstić information content (AvgIpc) is 2.67. The monoisotopic (exact) mass is 381 g/mol. The molecule has 1 atom stereocenters. The molecule has 0 fully saturated rings. The van der Waals surface area contributed by atoms with Crippen molar-refractivity contribution in [1.29, 1.82) is 0 Å². The van der Waals surface area contributed by atoms with Crippen LogP contribution in [0, 0.1) is 5.92 Å². The average molecular weight is 382 g/mol. The lowest BCUT2D eigenvalue weighted by molar-refractivity contribution is -0.117. The summed E-state index contributed by atoms with van der Waals surface area (Å²) in [6.45, 7) is 6.71. The fraction of sp³-hybridized carbons (Fsp3) is 0.391. The molecule has 5 heteroatoms. The Morgan fingerprint density at radius 2 is 1.71 bits per heavy atom. The third-order valence-corrected chi connectivity index (χ3v) is 4.59. The van der Waals surface area contributed by atoms with Gasteiger partial charge in [-0.2, -0.15) is 0 Å². The zero-order valence-corrected chi connectivity index (χ0v) is 17.5. The molecule has 0 heterocycles. The zero-order chi connectivity index (χ0) is 20.7. The molecule has 0 saturated heterocycles. The Kier molecular flexibility index (Phi) is 7.61. The molecular weight excluding hydrogens is 350 g/mol. The van der Waals surface area contributed by atoms with Crippen molar-refractivity contribution >= 4 is 23.2 Å². The van der Waals surface area contributed by atoms with Crippen LogP contribution in [0.1, 0.15) is 49.0 Å². The summed E-state index contributed by atoms with van der Waals surface area (Å²) in [4.78, 5) is 27.4. The smallest absolute Gasteiger partial charge is 0.253 e. The van der Waals surface area contributed by atoms with Crippen molar-refractivity contribution in [3.8, 4) is 0 Å². The fourth-order valence-electron chi connectivity index (χ4n) is 3.06. The molecule has 1 unspecified atom stereocenters. The minimum Gasteiger partial charge on any atom is -0.377 e. The van der Waals surface area contributed by atoms with E-state index in [1.165, 1.54) is 0 Å². The lowest BCUT2D eigenvalue weighted by atomic mass is 9.95. The van der Waals surface area contributed by atoms with E-state index in [0.717, 1.165) is 11.3 Å². The van der Waals surface area contributed by atoms with Crippen molar-refractivity contribution in [3.05, 3.63) is 59.7 Å². The summed E-state index contributed by atoms with van der Waals surface area (Å²) in [5.41, 5.74) is 2.98. The van der Waals surface area contributed by atoms with Gasteiger partial charge in [-0.25, -0.2) is 0 Å². The van der Waals surface area contributed by atoms with Crippen molar-refractivity contribution in [1.82, 2.24) is 5.32 Å². The Morgan fingerprint density at radius 1 is 1.04 bits per heavy atom. The van der Waals surface area contributed by atoms with Gasteiger partial charge in [0.15, 0.2) is 0 Å². The molecule has 0 aliphatic carbocycles. The summed E-state index contributed by atoms with van der Waals surface area (Å²) in [7, 11) is 3.80. The third-order valence-electron chi connectivity index (χ3n) is 4.59. The summed E-state index contributed by atoms with van der Waals surface area (Å²) in [5.74, 6) is -0.0674. The van der Waals surface area contributed by atoms with E-state index >= 15 is 0 Å². The van der Waals surface area contributed by atoms with Gasteiger partial charge in [0.25, 0.3) is 5.91 Å². The van der Waals surface area contributed by atoms with Gasteiger partial charge in [-0.1, -0.05) is 51.1 Å². The highest BCUT2D eigenvalue weighted by atomic mass is 16.2. The van der Waals surface area contributed by atoms with Crippen LogP contribution < -0.4 is 15.5 Å². The van der Waals surface area contributed by atoms with E-state index in [9.17, 15) is 9.59 Å². The largest absolute Gasteiger partial charge is 0.377 e. The summed E-state index contributed by atoms with van der Waals surface area (Å²) < 4.78 is 0. The van der Waals surface area contributed by atoms with Crippen LogP contribution in [0.2, 0.25) is 0 Å². The second-order valence-corrected chi connectivity index (χ2v) is 7.59. The summed E-state index contributed by atoms with van der Waals surface area (Å²) >= 11 is 0. The molecule has 2 aromatic carbocycles. The number of rotatable bonds is 8. The molecule has 0 radical (unpaired) electrons. The van der Waals surface area contributed by atoms with Gasteiger partial charge in [0.05, 0.1) is 11.5 Å². The van der Waals surface area contributed by atoms with Gasteiger partial charge in [-0.15, -0.1) is 0 Å². The molecule has 2 amide bonds. The standard InChI is InChI=1S/C23H31N3O2/c1-6-19(17-10-8-7-9-11-17)23(28)25-18-12-13-21(26(4)5)20(14-18)22(27)24-15-16(2)3/h7-14,16,19H,6,15H2,1-5H3,(H,24,27)(H,25,28). The van der Waals surface area contributed by atoms with Gasteiger partial charge in [0.2, 0.25) is 5.91 Å². The molecule has 0 aliphatic heterocycles. The quantitative estimate of drug-likeness (QED) is 0.718. The van der Waals surface area contributed by atoms with Crippen LogP contribution in [0.15, 0.2) is 48.5 Å². The van der Waals surface area contributed by atoms with Gasteiger partial charge in [-0.3, -0.25) is 9.59 Å². The maximum absolute atomic E-state index is 12.8. The molecule has 0 saturated carbocycles. The molecule has 2 rings (SSSR count). The SMILES string of the molecule is CCC(C(=O)Nc1ccc(N(C)C)c(C(=O)NCC(C)C)c1)c1ccccc1. The van der Waals surface area contributed by atoms with E-state index in [1.807, 2.05) is 68.4 Å². The van der Waals surface area contributed by atoms with Crippen molar-refractivity contribution in [3.63, 3.8) is 0 Å². The molecule has 2 N–H and O–H groups in total. The molecule has 0 bridgehead atoms. The normalized spacial score (nSPS) is 11.8. The van der Waals surface area contributed by atoms with Crippen LogP contribution in [-0.4, -0.2) is 32.5 Å². The van der Waals surface area contributed by atoms with Crippen LogP contribution in [0.4, 0.5) is 11.4 Å². The minimum atomic E-state index is -0.229. The Balaban J connectivity index is 2.24. The first-order valence-electron chi connectivity index (χ1n) is 9.78. The molecule has 150 valence electrons. The zero-order valence-electron chi connectivity index (χ0n) is 17.5. The van der Waals surface area contributed by atoms with Crippen molar-refractivity contribution in [2.24, 2.45) is 5.92 Å². The van der Waals surface area contributed by atoms with E-state index < -0.39 is 0 Å². The number of anilines is 2. The number of hydrogen-bond donors (Lipinski definition) is 2. The van der Waals surface area contributed by atoms with Gasteiger partial charge in [0, 0.05) is 32.0 Å². The number of carbonyl (C=O) groups excluding carboxylic acids is 2. The highest BCUT2D eigenvalue weighted by Crippen LogP contribution is 2.25. The van der Waals surface area contributed by atoms with Gasteiger partial charge in [-0.05, 0) is 36.1 Å². The second kappa shape index (κ2) is 9.93. The van der Waals surface area contributed by atoms with Crippen molar-refractivity contribution in [2.75, 3.05) is 30.9 Å². The molecule has 5 nitrogen and oxygen atoms in total. The number of hydrogen-bond acceptors (Lipinski definition) is 3. The summed E-state index contributed by atoms with van der Waals surface area (Å²) in [6, 6.07) is 15.2. The lowest BCUT2D eigenvalue weighted by Gasteiger charge is -2.20. The van der Waals surface area contributed by atoms with Gasteiger partial charge in [0.1, 0.15) is 0 Å². The first-order valence-corrected chi connectivity index (χ1v) is 9.78. The Bertz CT molecular complexity index is 801. The predicted octanol–water partition coefficient (Wildman–Crippen LogP) is 4.27. The highest BCUT2D eigenvalue weighted by molar-refractivity contribution is 6.02. The number of benzene rings is 2. The van der Waals surface area contributed by atoms with E-state index in [0.29, 0.717) is 30.1 Å².